The first-order valence-electron chi connectivity index (χ1n) is 6.79. The molecule has 0 fully saturated rings. The molecule has 1 aromatic rings. The molecule has 0 aliphatic carbocycles. The van der Waals surface area contributed by atoms with Gasteiger partial charge in [0.25, 0.3) is 0 Å². The Bertz CT molecular complexity index is 432. The molecule has 20 heavy (non-hydrogen) atoms. The average Bonchev–Trinajstić information content (AvgIpc) is 2.39. The van der Waals surface area contributed by atoms with Crippen LogP contribution >= 0.6 is 0 Å². The molecule has 0 radical (unpaired) electrons. The topological polar surface area (TPSA) is 67.8 Å². The first-order chi connectivity index (χ1) is 9.54. The highest BCUT2D eigenvalue weighted by Gasteiger charge is 2.11. The number of aliphatic carboxylic acids is 1. The summed E-state index contributed by atoms with van der Waals surface area (Å²) in [4.78, 5) is 10.4. The Hall–Kier alpha value is -1.75. The van der Waals surface area contributed by atoms with Crippen LogP contribution in [0.15, 0.2) is 18.2 Å². The molecule has 112 valence electrons. The predicted molar refractivity (Wildman–Crippen MR) is 77.3 cm³/mol. The van der Waals surface area contributed by atoms with Gasteiger partial charge in [-0.2, -0.15) is 0 Å². The third kappa shape index (κ3) is 5.48. The second-order valence-electron chi connectivity index (χ2n) is 4.79. The van der Waals surface area contributed by atoms with E-state index in [9.17, 15) is 4.79 Å². The zero-order valence-electron chi connectivity index (χ0n) is 12.3. The van der Waals surface area contributed by atoms with Crippen LogP contribution in [0.2, 0.25) is 0 Å². The van der Waals surface area contributed by atoms with Crippen molar-refractivity contribution in [2.75, 3.05) is 13.7 Å². The number of nitrogens with one attached hydrogen (secondary N) is 1. The van der Waals surface area contributed by atoms with Crippen LogP contribution in [0.25, 0.3) is 0 Å². The second-order valence-corrected chi connectivity index (χ2v) is 4.79. The fourth-order valence-corrected chi connectivity index (χ4v) is 1.82. The normalized spacial score (nSPS) is 10.6. The van der Waals surface area contributed by atoms with Crippen molar-refractivity contribution in [1.29, 1.82) is 0 Å². The smallest absolute Gasteiger partial charge is 0.303 e. The van der Waals surface area contributed by atoms with Crippen molar-refractivity contribution < 1.29 is 19.4 Å². The summed E-state index contributed by atoms with van der Waals surface area (Å²) in [6.45, 7) is 5.22. The zero-order chi connectivity index (χ0) is 15.0. The van der Waals surface area contributed by atoms with Crippen LogP contribution in [0.4, 0.5) is 0 Å². The molecule has 0 heterocycles. The lowest BCUT2D eigenvalue weighted by Gasteiger charge is -2.17. The molecule has 0 aliphatic heterocycles. The number of methoxy groups -OCH3 is 1. The third-order valence-electron chi connectivity index (χ3n) is 2.69. The van der Waals surface area contributed by atoms with Crippen molar-refractivity contribution in [2.45, 2.75) is 39.3 Å². The number of para-hydroxylation sites is 1. The first kappa shape index (κ1) is 16.3. The Kier molecular flexibility index (Phi) is 6.87. The van der Waals surface area contributed by atoms with Gasteiger partial charge < -0.3 is 19.9 Å². The third-order valence-corrected chi connectivity index (χ3v) is 2.69. The van der Waals surface area contributed by atoms with Crippen LogP contribution in [0.5, 0.6) is 11.5 Å². The van der Waals surface area contributed by atoms with Crippen LogP contribution in [0, 0.1) is 0 Å². The van der Waals surface area contributed by atoms with Crippen molar-refractivity contribution in [3.05, 3.63) is 23.8 Å². The van der Waals surface area contributed by atoms with E-state index >= 15 is 0 Å². The van der Waals surface area contributed by atoms with E-state index in [4.69, 9.17) is 14.6 Å². The summed E-state index contributed by atoms with van der Waals surface area (Å²) in [6.07, 6.45) is 0.859. The highest BCUT2D eigenvalue weighted by atomic mass is 16.5. The largest absolute Gasteiger partial charge is 0.493 e. The maximum absolute atomic E-state index is 10.4. The molecule has 1 aromatic carbocycles. The molecule has 0 bridgehead atoms. The molecule has 0 saturated heterocycles. The SMILES string of the molecule is COc1cccc(CNCCCC(=O)O)c1OC(C)C. The summed E-state index contributed by atoms with van der Waals surface area (Å²) in [7, 11) is 1.62. The lowest BCUT2D eigenvalue weighted by Crippen LogP contribution is -2.17. The van der Waals surface area contributed by atoms with Crippen LogP contribution in [0.3, 0.4) is 0 Å². The van der Waals surface area contributed by atoms with Crippen LogP contribution in [-0.4, -0.2) is 30.8 Å². The summed E-state index contributed by atoms with van der Waals surface area (Å²) < 4.78 is 11.1. The van der Waals surface area contributed by atoms with Crippen molar-refractivity contribution in [1.82, 2.24) is 5.32 Å². The van der Waals surface area contributed by atoms with Gasteiger partial charge in [-0.05, 0) is 32.9 Å². The predicted octanol–water partition coefficient (Wildman–Crippen LogP) is 2.44. The maximum Gasteiger partial charge on any atom is 0.303 e. The van der Waals surface area contributed by atoms with Gasteiger partial charge in [0.2, 0.25) is 0 Å². The number of carboxylic acid groups (broad SMARTS) is 1. The molecule has 0 atom stereocenters. The molecular formula is C15H23NO4. The van der Waals surface area contributed by atoms with Gasteiger partial charge in [0, 0.05) is 18.5 Å². The van der Waals surface area contributed by atoms with Gasteiger partial charge in [-0.15, -0.1) is 0 Å². The van der Waals surface area contributed by atoms with E-state index in [-0.39, 0.29) is 12.5 Å². The molecular weight excluding hydrogens is 258 g/mol. The minimum Gasteiger partial charge on any atom is -0.493 e. The number of rotatable bonds is 9. The van der Waals surface area contributed by atoms with E-state index in [2.05, 4.69) is 5.32 Å². The fourth-order valence-electron chi connectivity index (χ4n) is 1.82. The lowest BCUT2D eigenvalue weighted by atomic mass is 10.1. The van der Waals surface area contributed by atoms with Gasteiger partial charge in [-0.1, -0.05) is 12.1 Å². The minimum atomic E-state index is -0.767. The summed E-state index contributed by atoms with van der Waals surface area (Å²) in [5.41, 5.74) is 1.01. The minimum absolute atomic E-state index is 0.0667. The van der Waals surface area contributed by atoms with Crippen LogP contribution in [-0.2, 0) is 11.3 Å². The molecule has 0 spiro atoms. The zero-order valence-corrected chi connectivity index (χ0v) is 12.3. The quantitative estimate of drug-likeness (QED) is 0.680. The number of ether oxygens (including phenoxy) is 2. The highest BCUT2D eigenvalue weighted by Crippen LogP contribution is 2.31. The van der Waals surface area contributed by atoms with E-state index in [0.717, 1.165) is 11.3 Å². The van der Waals surface area contributed by atoms with Crippen LogP contribution in [0.1, 0.15) is 32.3 Å². The molecule has 0 unspecified atom stereocenters. The number of carbonyl (C=O) groups is 1. The first-order valence-corrected chi connectivity index (χ1v) is 6.79. The van der Waals surface area contributed by atoms with Crippen LogP contribution < -0.4 is 14.8 Å². The highest BCUT2D eigenvalue weighted by molar-refractivity contribution is 5.66. The van der Waals surface area contributed by atoms with E-state index in [0.29, 0.717) is 25.3 Å². The van der Waals surface area contributed by atoms with E-state index in [1.54, 1.807) is 7.11 Å². The molecule has 1 rings (SSSR count). The fraction of sp³-hybridized carbons (Fsp3) is 0.533. The molecule has 0 aromatic heterocycles. The van der Waals surface area contributed by atoms with Crippen molar-refractivity contribution in [2.24, 2.45) is 0 Å². The van der Waals surface area contributed by atoms with E-state index < -0.39 is 5.97 Å². The van der Waals surface area contributed by atoms with Crippen molar-refractivity contribution >= 4 is 5.97 Å². The van der Waals surface area contributed by atoms with E-state index in [1.807, 2.05) is 32.0 Å². The molecule has 2 N–H and O–H groups in total. The Balaban J connectivity index is 2.61. The molecule has 0 aliphatic rings. The standard InChI is InChI=1S/C15H23NO4/c1-11(2)20-15-12(6-4-7-13(15)19-3)10-16-9-5-8-14(17)18/h4,6-7,11,16H,5,8-10H2,1-3H3,(H,17,18). The van der Waals surface area contributed by atoms with Crippen molar-refractivity contribution in [3.8, 4) is 11.5 Å². The van der Waals surface area contributed by atoms with Gasteiger partial charge in [0.05, 0.1) is 13.2 Å². The Morgan fingerprint density at radius 2 is 2.15 bits per heavy atom. The second kappa shape index (κ2) is 8.43. The Morgan fingerprint density at radius 1 is 1.40 bits per heavy atom. The summed E-state index contributed by atoms with van der Waals surface area (Å²) in [5, 5.41) is 11.8. The van der Waals surface area contributed by atoms with Gasteiger partial charge in [-0.25, -0.2) is 0 Å². The molecule has 0 amide bonds. The number of carboxylic acids is 1. The number of hydrogen-bond acceptors (Lipinski definition) is 4. The number of hydrogen-bond donors (Lipinski definition) is 2. The summed E-state index contributed by atoms with van der Waals surface area (Å²) in [6, 6.07) is 5.76. The van der Waals surface area contributed by atoms with Crippen molar-refractivity contribution in [3.63, 3.8) is 0 Å². The summed E-state index contributed by atoms with van der Waals surface area (Å²) >= 11 is 0. The van der Waals surface area contributed by atoms with Gasteiger partial charge in [-0.3, -0.25) is 4.79 Å². The van der Waals surface area contributed by atoms with E-state index in [1.165, 1.54) is 0 Å². The monoisotopic (exact) mass is 281 g/mol. The molecule has 5 heteroatoms. The molecule has 5 nitrogen and oxygen atoms in total. The Morgan fingerprint density at radius 3 is 2.75 bits per heavy atom. The number of benzene rings is 1. The summed E-state index contributed by atoms with van der Waals surface area (Å²) in [5.74, 6) is 0.691. The van der Waals surface area contributed by atoms with Gasteiger partial charge in [0.15, 0.2) is 11.5 Å². The Labute approximate surface area is 119 Å². The average molecular weight is 281 g/mol. The van der Waals surface area contributed by atoms with Gasteiger partial charge in [0.1, 0.15) is 0 Å². The lowest BCUT2D eigenvalue weighted by molar-refractivity contribution is -0.137. The van der Waals surface area contributed by atoms with Gasteiger partial charge >= 0.3 is 5.97 Å². The maximum atomic E-state index is 10.4. The molecule has 0 saturated carbocycles.